The van der Waals surface area contributed by atoms with Gasteiger partial charge in [0.15, 0.2) is 5.82 Å². The van der Waals surface area contributed by atoms with E-state index in [1.54, 1.807) is 18.3 Å². The number of nitrogen functional groups attached to an aromatic ring is 2. The van der Waals surface area contributed by atoms with E-state index in [4.69, 9.17) is 16.6 Å². The quantitative estimate of drug-likeness (QED) is 0.725. The van der Waals surface area contributed by atoms with Crippen LogP contribution in [-0.2, 0) is 0 Å². The Morgan fingerprint density at radius 2 is 1.95 bits per heavy atom. The summed E-state index contributed by atoms with van der Waals surface area (Å²) in [5.41, 5.74) is 12.2. The van der Waals surface area contributed by atoms with Crippen LogP contribution in [0.25, 0.3) is 11.0 Å². The van der Waals surface area contributed by atoms with Gasteiger partial charge in [0.1, 0.15) is 5.52 Å². The summed E-state index contributed by atoms with van der Waals surface area (Å²) < 4.78 is 0. The highest BCUT2D eigenvalue weighted by Crippen LogP contribution is 2.14. The zero-order chi connectivity index (χ0) is 14.1. The van der Waals surface area contributed by atoms with Gasteiger partial charge in [-0.2, -0.15) is 4.98 Å². The Kier molecular flexibility index (Phi) is 6.52. The van der Waals surface area contributed by atoms with Gasteiger partial charge in [0.05, 0.1) is 5.52 Å². The second kappa shape index (κ2) is 8.20. The van der Waals surface area contributed by atoms with E-state index in [1.165, 1.54) is 19.3 Å². The van der Waals surface area contributed by atoms with E-state index in [-0.39, 0.29) is 5.95 Å². The van der Waals surface area contributed by atoms with E-state index < -0.39 is 0 Å². The lowest BCUT2D eigenvalue weighted by Gasteiger charge is -1.99. The zero-order valence-corrected chi connectivity index (χ0v) is 11.2. The highest BCUT2D eigenvalue weighted by atomic mass is 16.2. The van der Waals surface area contributed by atoms with Crippen molar-refractivity contribution in [1.29, 1.82) is 0 Å². The van der Waals surface area contributed by atoms with Gasteiger partial charge in [-0.3, -0.25) is 4.98 Å². The molecule has 0 radical (unpaired) electrons. The SMILES string of the molecule is CCCCCCO.Nc1nc(N)c2ncccc2n1. The average Bonchev–Trinajstić information content (AvgIpc) is 2.40. The Labute approximate surface area is 112 Å². The Hall–Kier alpha value is -1.95. The summed E-state index contributed by atoms with van der Waals surface area (Å²) in [7, 11) is 0. The van der Waals surface area contributed by atoms with Crippen LogP contribution in [0.15, 0.2) is 18.3 Å². The van der Waals surface area contributed by atoms with Crippen LogP contribution < -0.4 is 11.5 Å². The molecule has 0 unspecified atom stereocenters. The third-order valence-corrected chi connectivity index (χ3v) is 2.51. The Balaban J connectivity index is 0.000000224. The van der Waals surface area contributed by atoms with E-state index in [9.17, 15) is 0 Å². The summed E-state index contributed by atoms with van der Waals surface area (Å²) in [6.45, 7) is 2.53. The largest absolute Gasteiger partial charge is 0.396 e. The molecule has 0 saturated carbocycles. The van der Waals surface area contributed by atoms with Crippen LogP contribution >= 0.6 is 0 Å². The lowest BCUT2D eigenvalue weighted by atomic mass is 10.2. The maximum Gasteiger partial charge on any atom is 0.222 e. The minimum atomic E-state index is 0.174. The van der Waals surface area contributed by atoms with Crippen LogP contribution in [0.2, 0.25) is 0 Å². The fourth-order valence-electron chi connectivity index (χ4n) is 1.55. The van der Waals surface area contributed by atoms with Gasteiger partial charge >= 0.3 is 0 Å². The number of nitrogens with two attached hydrogens (primary N) is 2. The number of aliphatic hydroxyl groups is 1. The normalized spacial score (nSPS) is 10.0. The number of rotatable bonds is 4. The second-order valence-corrected chi connectivity index (χ2v) is 4.12. The Morgan fingerprint density at radius 3 is 2.63 bits per heavy atom. The molecule has 19 heavy (non-hydrogen) atoms. The molecule has 6 heteroatoms. The van der Waals surface area contributed by atoms with Gasteiger partial charge in [0, 0.05) is 12.8 Å². The van der Waals surface area contributed by atoms with Crippen molar-refractivity contribution in [3.05, 3.63) is 18.3 Å². The molecule has 0 aliphatic heterocycles. The number of pyridine rings is 1. The molecule has 104 valence electrons. The molecular weight excluding hydrogens is 242 g/mol. The maximum absolute atomic E-state index is 8.29. The third-order valence-electron chi connectivity index (χ3n) is 2.51. The molecule has 5 N–H and O–H groups in total. The molecule has 0 bridgehead atoms. The first-order chi connectivity index (χ1) is 9.19. The Bertz CT molecular complexity index is 499. The second-order valence-electron chi connectivity index (χ2n) is 4.12. The standard InChI is InChI=1S/C7H7N5.C6H14O/c8-6-5-4(2-1-3-10-5)11-7(9)12-6;1-2-3-4-5-6-7/h1-3H,(H4,8,9,11,12);7H,2-6H2,1H3. The summed E-state index contributed by atoms with van der Waals surface area (Å²) in [4.78, 5) is 11.8. The van der Waals surface area contributed by atoms with E-state index in [2.05, 4.69) is 21.9 Å². The predicted octanol–water partition coefficient (Wildman–Crippen LogP) is 1.75. The molecule has 2 rings (SSSR count). The molecule has 2 heterocycles. The van der Waals surface area contributed by atoms with Gasteiger partial charge in [0.25, 0.3) is 0 Å². The molecule has 0 fully saturated rings. The van der Waals surface area contributed by atoms with Crippen molar-refractivity contribution in [1.82, 2.24) is 15.0 Å². The topological polar surface area (TPSA) is 111 Å². The van der Waals surface area contributed by atoms with Crippen molar-refractivity contribution in [3.63, 3.8) is 0 Å². The molecule has 0 amide bonds. The summed E-state index contributed by atoms with van der Waals surface area (Å²) in [5, 5.41) is 8.29. The lowest BCUT2D eigenvalue weighted by molar-refractivity contribution is 0.283. The van der Waals surface area contributed by atoms with Gasteiger partial charge in [0.2, 0.25) is 5.95 Å². The van der Waals surface area contributed by atoms with Crippen LogP contribution in [0.3, 0.4) is 0 Å². The number of aromatic nitrogens is 3. The van der Waals surface area contributed by atoms with Gasteiger partial charge in [-0.1, -0.05) is 26.2 Å². The minimum Gasteiger partial charge on any atom is -0.396 e. The molecule has 0 aromatic carbocycles. The van der Waals surface area contributed by atoms with Crippen LogP contribution in [0.1, 0.15) is 32.6 Å². The monoisotopic (exact) mass is 263 g/mol. The average molecular weight is 263 g/mol. The summed E-state index contributed by atoms with van der Waals surface area (Å²) >= 11 is 0. The number of aliphatic hydroxyl groups excluding tert-OH is 1. The zero-order valence-electron chi connectivity index (χ0n) is 11.2. The molecule has 2 aromatic heterocycles. The van der Waals surface area contributed by atoms with Crippen LogP contribution in [0.5, 0.6) is 0 Å². The van der Waals surface area contributed by atoms with Crippen molar-refractivity contribution < 1.29 is 5.11 Å². The van der Waals surface area contributed by atoms with Gasteiger partial charge in [-0.15, -0.1) is 0 Å². The van der Waals surface area contributed by atoms with E-state index in [1.807, 2.05) is 0 Å². The first kappa shape index (κ1) is 15.1. The number of nitrogens with zero attached hydrogens (tertiary/aromatic N) is 3. The van der Waals surface area contributed by atoms with E-state index >= 15 is 0 Å². The highest BCUT2D eigenvalue weighted by Gasteiger charge is 2.01. The van der Waals surface area contributed by atoms with Crippen LogP contribution in [-0.4, -0.2) is 26.7 Å². The van der Waals surface area contributed by atoms with Gasteiger partial charge < -0.3 is 16.6 Å². The van der Waals surface area contributed by atoms with Crippen LogP contribution in [0.4, 0.5) is 11.8 Å². The lowest BCUT2D eigenvalue weighted by Crippen LogP contribution is -2.01. The van der Waals surface area contributed by atoms with E-state index in [0.717, 1.165) is 6.42 Å². The first-order valence-corrected chi connectivity index (χ1v) is 6.43. The van der Waals surface area contributed by atoms with Gasteiger partial charge in [-0.25, -0.2) is 4.98 Å². The number of hydrogen-bond acceptors (Lipinski definition) is 6. The fraction of sp³-hybridized carbons (Fsp3) is 0.462. The van der Waals surface area contributed by atoms with Crippen molar-refractivity contribution >= 4 is 22.8 Å². The van der Waals surface area contributed by atoms with E-state index in [0.29, 0.717) is 23.5 Å². The summed E-state index contributed by atoms with van der Waals surface area (Å²) in [6.07, 6.45) is 6.32. The Morgan fingerprint density at radius 1 is 1.16 bits per heavy atom. The molecule has 0 atom stereocenters. The third kappa shape index (κ3) is 5.05. The predicted molar refractivity (Wildman–Crippen MR) is 77.4 cm³/mol. The number of unbranched alkanes of at least 4 members (excludes halogenated alkanes) is 3. The highest BCUT2D eigenvalue weighted by molar-refractivity contribution is 5.84. The van der Waals surface area contributed by atoms with Crippen molar-refractivity contribution in [2.24, 2.45) is 0 Å². The summed E-state index contributed by atoms with van der Waals surface area (Å²) in [5.74, 6) is 0.492. The molecule has 0 aliphatic carbocycles. The molecule has 6 nitrogen and oxygen atoms in total. The molecular formula is C13H21N5O. The van der Waals surface area contributed by atoms with Crippen molar-refractivity contribution in [2.75, 3.05) is 18.1 Å². The minimum absolute atomic E-state index is 0.174. The number of anilines is 2. The maximum atomic E-state index is 8.29. The molecule has 2 aromatic rings. The van der Waals surface area contributed by atoms with Crippen LogP contribution in [0, 0.1) is 0 Å². The number of fused-ring (bicyclic) bond motifs is 1. The smallest absolute Gasteiger partial charge is 0.222 e. The first-order valence-electron chi connectivity index (χ1n) is 6.43. The molecule has 0 spiro atoms. The van der Waals surface area contributed by atoms with Gasteiger partial charge in [-0.05, 0) is 18.6 Å². The fourth-order valence-corrected chi connectivity index (χ4v) is 1.55. The molecule has 0 aliphatic rings. The van der Waals surface area contributed by atoms with Crippen molar-refractivity contribution in [2.45, 2.75) is 32.6 Å². The summed E-state index contributed by atoms with van der Waals surface area (Å²) in [6, 6.07) is 3.56. The van der Waals surface area contributed by atoms with Crippen molar-refractivity contribution in [3.8, 4) is 0 Å². The molecule has 0 saturated heterocycles. The number of hydrogen-bond donors (Lipinski definition) is 3.